The second-order valence-corrected chi connectivity index (χ2v) is 5.08. The van der Waals surface area contributed by atoms with Gasteiger partial charge in [0.2, 0.25) is 0 Å². The Balaban J connectivity index is 2.12. The number of hydrogen-bond donors (Lipinski definition) is 1. The molecule has 1 fully saturated rings. The molecule has 0 radical (unpaired) electrons. The molecule has 1 aliphatic rings. The molecule has 1 heteroatoms. The van der Waals surface area contributed by atoms with Crippen molar-refractivity contribution in [3.8, 4) is 0 Å². The quantitative estimate of drug-likeness (QED) is 0.802. The van der Waals surface area contributed by atoms with E-state index in [0.717, 1.165) is 6.54 Å². The molecular formula is C14H21N. The van der Waals surface area contributed by atoms with Crippen LogP contribution in [0.15, 0.2) is 24.3 Å². The van der Waals surface area contributed by atoms with E-state index < -0.39 is 0 Å². The standard InChI is InChI=1S/C14H21N/c1-12-5-4-6-13(9-12)10-14(11-15)7-2-3-8-14/h4-6,9H,2-3,7-8,10-11,15H2,1H3. The Hall–Kier alpha value is -0.820. The predicted molar refractivity (Wildman–Crippen MR) is 64.8 cm³/mol. The van der Waals surface area contributed by atoms with Crippen LogP contribution in [0, 0.1) is 12.3 Å². The van der Waals surface area contributed by atoms with E-state index in [1.807, 2.05) is 0 Å². The molecule has 15 heavy (non-hydrogen) atoms. The molecule has 82 valence electrons. The van der Waals surface area contributed by atoms with Crippen LogP contribution in [0.3, 0.4) is 0 Å². The van der Waals surface area contributed by atoms with Gasteiger partial charge < -0.3 is 5.73 Å². The molecule has 0 bridgehead atoms. The molecule has 1 saturated carbocycles. The Labute approximate surface area is 92.7 Å². The van der Waals surface area contributed by atoms with Gasteiger partial charge in [-0.1, -0.05) is 42.7 Å². The van der Waals surface area contributed by atoms with Crippen LogP contribution in [0.25, 0.3) is 0 Å². The van der Waals surface area contributed by atoms with Crippen LogP contribution < -0.4 is 5.73 Å². The molecule has 1 aromatic carbocycles. The van der Waals surface area contributed by atoms with Crippen LogP contribution in [0.5, 0.6) is 0 Å². The summed E-state index contributed by atoms with van der Waals surface area (Å²) in [5.74, 6) is 0. The average Bonchev–Trinajstić information content (AvgIpc) is 2.67. The molecule has 2 N–H and O–H groups in total. The van der Waals surface area contributed by atoms with Gasteiger partial charge in [-0.3, -0.25) is 0 Å². The van der Waals surface area contributed by atoms with E-state index in [4.69, 9.17) is 5.73 Å². The molecule has 0 unspecified atom stereocenters. The molecule has 0 spiro atoms. The van der Waals surface area contributed by atoms with Gasteiger partial charge in [-0.15, -0.1) is 0 Å². The Morgan fingerprint density at radius 1 is 1.27 bits per heavy atom. The second kappa shape index (κ2) is 4.36. The third-order valence-electron chi connectivity index (χ3n) is 3.76. The molecule has 0 aromatic heterocycles. The lowest BCUT2D eigenvalue weighted by atomic mass is 9.80. The fourth-order valence-electron chi connectivity index (χ4n) is 2.83. The van der Waals surface area contributed by atoms with Crippen molar-refractivity contribution in [1.82, 2.24) is 0 Å². The molecule has 2 rings (SSSR count). The second-order valence-electron chi connectivity index (χ2n) is 5.08. The number of rotatable bonds is 3. The highest BCUT2D eigenvalue weighted by atomic mass is 14.6. The highest BCUT2D eigenvalue weighted by Gasteiger charge is 2.32. The smallest absolute Gasteiger partial charge is 0.00173 e. The van der Waals surface area contributed by atoms with Gasteiger partial charge in [0, 0.05) is 0 Å². The number of nitrogens with two attached hydrogens (primary N) is 1. The van der Waals surface area contributed by atoms with Crippen molar-refractivity contribution in [3.63, 3.8) is 0 Å². The van der Waals surface area contributed by atoms with Crippen molar-refractivity contribution in [2.75, 3.05) is 6.54 Å². The predicted octanol–water partition coefficient (Wildman–Crippen LogP) is 3.06. The maximum Gasteiger partial charge on any atom is -0.00173 e. The summed E-state index contributed by atoms with van der Waals surface area (Å²) >= 11 is 0. The van der Waals surface area contributed by atoms with Gasteiger partial charge in [-0.25, -0.2) is 0 Å². The molecule has 1 aliphatic carbocycles. The summed E-state index contributed by atoms with van der Waals surface area (Å²) in [6.07, 6.45) is 6.53. The zero-order chi connectivity index (χ0) is 10.7. The average molecular weight is 203 g/mol. The third-order valence-corrected chi connectivity index (χ3v) is 3.76. The first kappa shape index (κ1) is 10.7. The molecule has 1 aromatic rings. The van der Waals surface area contributed by atoms with Crippen molar-refractivity contribution in [1.29, 1.82) is 0 Å². The molecular weight excluding hydrogens is 182 g/mol. The van der Waals surface area contributed by atoms with E-state index in [0.29, 0.717) is 5.41 Å². The van der Waals surface area contributed by atoms with Gasteiger partial charge in [-0.2, -0.15) is 0 Å². The van der Waals surface area contributed by atoms with Crippen molar-refractivity contribution in [3.05, 3.63) is 35.4 Å². The van der Waals surface area contributed by atoms with Gasteiger partial charge in [0.25, 0.3) is 0 Å². The van der Waals surface area contributed by atoms with Crippen LogP contribution >= 0.6 is 0 Å². The van der Waals surface area contributed by atoms with Crippen molar-refractivity contribution >= 4 is 0 Å². The fourth-order valence-corrected chi connectivity index (χ4v) is 2.83. The lowest BCUT2D eigenvalue weighted by Gasteiger charge is -2.27. The van der Waals surface area contributed by atoms with Gasteiger partial charge >= 0.3 is 0 Å². The molecule has 0 amide bonds. The maximum atomic E-state index is 5.95. The number of benzene rings is 1. The lowest BCUT2D eigenvalue weighted by Crippen LogP contribution is -2.29. The highest BCUT2D eigenvalue weighted by Crippen LogP contribution is 2.39. The SMILES string of the molecule is Cc1cccc(CC2(CN)CCCC2)c1. The van der Waals surface area contributed by atoms with Gasteiger partial charge in [-0.05, 0) is 43.7 Å². The van der Waals surface area contributed by atoms with Crippen LogP contribution in [-0.4, -0.2) is 6.54 Å². The molecule has 1 nitrogen and oxygen atoms in total. The summed E-state index contributed by atoms with van der Waals surface area (Å²) in [4.78, 5) is 0. The Kier molecular flexibility index (Phi) is 3.11. The van der Waals surface area contributed by atoms with E-state index in [1.54, 1.807) is 0 Å². The van der Waals surface area contributed by atoms with Crippen LogP contribution in [0.1, 0.15) is 36.8 Å². The minimum Gasteiger partial charge on any atom is -0.330 e. The minimum absolute atomic E-state index is 0.411. The van der Waals surface area contributed by atoms with Crippen LogP contribution in [-0.2, 0) is 6.42 Å². The zero-order valence-electron chi connectivity index (χ0n) is 9.63. The highest BCUT2D eigenvalue weighted by molar-refractivity contribution is 5.23. The summed E-state index contributed by atoms with van der Waals surface area (Å²) in [6, 6.07) is 8.86. The maximum absolute atomic E-state index is 5.95. The van der Waals surface area contributed by atoms with Crippen molar-refractivity contribution < 1.29 is 0 Å². The first-order chi connectivity index (χ1) is 7.24. The first-order valence-electron chi connectivity index (χ1n) is 6.00. The van der Waals surface area contributed by atoms with E-state index in [1.165, 1.54) is 43.2 Å². The number of aryl methyl sites for hydroxylation is 1. The summed E-state index contributed by atoms with van der Waals surface area (Å²) in [6.45, 7) is 3.01. The Morgan fingerprint density at radius 3 is 2.60 bits per heavy atom. The zero-order valence-corrected chi connectivity index (χ0v) is 9.63. The molecule has 0 saturated heterocycles. The summed E-state index contributed by atoms with van der Waals surface area (Å²) in [5, 5.41) is 0. The Morgan fingerprint density at radius 2 is 2.00 bits per heavy atom. The van der Waals surface area contributed by atoms with Gasteiger partial charge in [0.15, 0.2) is 0 Å². The normalized spacial score (nSPS) is 19.3. The molecule has 0 aliphatic heterocycles. The largest absolute Gasteiger partial charge is 0.330 e. The third kappa shape index (κ3) is 2.40. The lowest BCUT2D eigenvalue weighted by molar-refractivity contribution is 0.306. The fraction of sp³-hybridized carbons (Fsp3) is 0.571. The van der Waals surface area contributed by atoms with Crippen LogP contribution in [0.4, 0.5) is 0 Å². The van der Waals surface area contributed by atoms with Crippen LogP contribution in [0.2, 0.25) is 0 Å². The minimum atomic E-state index is 0.411. The van der Waals surface area contributed by atoms with E-state index in [-0.39, 0.29) is 0 Å². The topological polar surface area (TPSA) is 26.0 Å². The molecule has 0 atom stereocenters. The van der Waals surface area contributed by atoms with E-state index >= 15 is 0 Å². The van der Waals surface area contributed by atoms with Crippen molar-refractivity contribution in [2.45, 2.75) is 39.0 Å². The molecule has 0 heterocycles. The van der Waals surface area contributed by atoms with Crippen molar-refractivity contribution in [2.24, 2.45) is 11.1 Å². The monoisotopic (exact) mass is 203 g/mol. The summed E-state index contributed by atoms with van der Waals surface area (Å²) < 4.78 is 0. The number of hydrogen-bond acceptors (Lipinski definition) is 1. The van der Waals surface area contributed by atoms with E-state index in [2.05, 4.69) is 31.2 Å². The van der Waals surface area contributed by atoms with Gasteiger partial charge in [0.05, 0.1) is 0 Å². The van der Waals surface area contributed by atoms with E-state index in [9.17, 15) is 0 Å². The first-order valence-corrected chi connectivity index (χ1v) is 6.00. The summed E-state index contributed by atoms with van der Waals surface area (Å²) in [5.41, 5.74) is 9.18. The Bertz CT molecular complexity index is 324. The van der Waals surface area contributed by atoms with Gasteiger partial charge in [0.1, 0.15) is 0 Å². The summed E-state index contributed by atoms with van der Waals surface area (Å²) in [7, 11) is 0.